The van der Waals surface area contributed by atoms with Gasteiger partial charge in [0.15, 0.2) is 5.13 Å². The van der Waals surface area contributed by atoms with E-state index >= 15 is 0 Å². The number of carbonyl (C=O) groups is 1. The largest absolute Gasteiger partial charge is 0.497 e. The molecule has 1 N–H and O–H groups in total. The van der Waals surface area contributed by atoms with Gasteiger partial charge in [-0.3, -0.25) is 4.79 Å². The molecule has 1 aliphatic rings. The van der Waals surface area contributed by atoms with Crippen molar-refractivity contribution in [3.05, 3.63) is 36.7 Å². The fraction of sp³-hybridized carbons (Fsp3) is 0.333. The number of aromatic nitrogens is 3. The van der Waals surface area contributed by atoms with Crippen molar-refractivity contribution in [2.45, 2.75) is 12.8 Å². The maximum absolute atomic E-state index is 12.6. The number of hydrogen-bond donors (Lipinski definition) is 1. The Morgan fingerprint density at radius 3 is 2.77 bits per heavy atom. The molecule has 134 valence electrons. The maximum atomic E-state index is 12.6. The van der Waals surface area contributed by atoms with E-state index in [4.69, 9.17) is 4.74 Å². The number of fused-ring (bicyclic) bond motifs is 1. The fourth-order valence-corrected chi connectivity index (χ4v) is 3.99. The smallest absolute Gasteiger partial charge is 0.229 e. The first-order valence-corrected chi connectivity index (χ1v) is 9.32. The van der Waals surface area contributed by atoms with Gasteiger partial charge in [-0.25, -0.2) is 15.0 Å². The number of methoxy groups -OCH3 is 1. The standard InChI is InChI=1S/C18H19N5O2S/c1-25-13-3-4-14-15(11-13)26-18(21-14)22-16(24)12-5-9-23(10-6-12)17-19-7-2-8-20-17/h2-4,7-8,11-12H,5-6,9-10H2,1H3,(H,21,22,24). The van der Waals surface area contributed by atoms with E-state index in [-0.39, 0.29) is 11.8 Å². The van der Waals surface area contributed by atoms with Crippen LogP contribution in [-0.2, 0) is 4.79 Å². The van der Waals surface area contributed by atoms with Crippen LogP contribution in [0.2, 0.25) is 0 Å². The third-order valence-corrected chi connectivity index (χ3v) is 5.46. The summed E-state index contributed by atoms with van der Waals surface area (Å²) < 4.78 is 6.23. The predicted molar refractivity (Wildman–Crippen MR) is 102 cm³/mol. The highest BCUT2D eigenvalue weighted by Gasteiger charge is 2.26. The number of anilines is 2. The van der Waals surface area contributed by atoms with Gasteiger partial charge in [0.1, 0.15) is 5.75 Å². The fourth-order valence-electron chi connectivity index (χ4n) is 3.09. The second-order valence-corrected chi connectivity index (χ2v) is 7.18. The van der Waals surface area contributed by atoms with Crippen molar-refractivity contribution in [2.24, 2.45) is 5.92 Å². The molecule has 8 heteroatoms. The van der Waals surface area contributed by atoms with Crippen LogP contribution in [0.4, 0.5) is 11.1 Å². The molecule has 0 aliphatic carbocycles. The molecule has 0 saturated carbocycles. The van der Waals surface area contributed by atoms with Crippen molar-refractivity contribution in [1.82, 2.24) is 15.0 Å². The topological polar surface area (TPSA) is 80.2 Å². The van der Waals surface area contributed by atoms with Crippen molar-refractivity contribution in [3.63, 3.8) is 0 Å². The Morgan fingerprint density at radius 2 is 2.04 bits per heavy atom. The Balaban J connectivity index is 1.38. The molecule has 3 aromatic rings. The second kappa shape index (κ2) is 7.25. The number of thiazole rings is 1. The number of amides is 1. The maximum Gasteiger partial charge on any atom is 0.229 e. The van der Waals surface area contributed by atoms with Crippen LogP contribution in [0.25, 0.3) is 10.2 Å². The van der Waals surface area contributed by atoms with Crippen molar-refractivity contribution < 1.29 is 9.53 Å². The van der Waals surface area contributed by atoms with Gasteiger partial charge >= 0.3 is 0 Å². The second-order valence-electron chi connectivity index (χ2n) is 6.15. The summed E-state index contributed by atoms with van der Waals surface area (Å²) in [4.78, 5) is 27.7. The highest BCUT2D eigenvalue weighted by molar-refractivity contribution is 7.22. The molecule has 0 spiro atoms. The molecule has 4 rings (SSSR count). The van der Waals surface area contributed by atoms with Crippen LogP contribution in [0.1, 0.15) is 12.8 Å². The molecule has 0 bridgehead atoms. The van der Waals surface area contributed by atoms with E-state index < -0.39 is 0 Å². The number of rotatable bonds is 4. The minimum absolute atomic E-state index is 0.0171. The SMILES string of the molecule is COc1ccc2nc(NC(=O)C3CCN(c4ncccn4)CC3)sc2c1. The van der Waals surface area contributed by atoms with E-state index in [0.29, 0.717) is 5.13 Å². The molecule has 0 atom stereocenters. The Morgan fingerprint density at radius 1 is 1.27 bits per heavy atom. The normalized spacial score (nSPS) is 15.2. The number of nitrogens with one attached hydrogen (secondary N) is 1. The van der Waals surface area contributed by atoms with Crippen LogP contribution in [0.15, 0.2) is 36.7 Å². The lowest BCUT2D eigenvalue weighted by Crippen LogP contribution is -2.38. The summed E-state index contributed by atoms with van der Waals surface area (Å²) in [5, 5.41) is 3.60. The van der Waals surface area contributed by atoms with Gasteiger partial charge in [0.05, 0.1) is 17.3 Å². The zero-order chi connectivity index (χ0) is 17.9. The van der Waals surface area contributed by atoms with Gasteiger partial charge < -0.3 is 15.0 Å². The van der Waals surface area contributed by atoms with E-state index in [9.17, 15) is 4.79 Å². The average Bonchev–Trinajstić information content (AvgIpc) is 3.10. The van der Waals surface area contributed by atoms with E-state index in [1.807, 2.05) is 18.2 Å². The van der Waals surface area contributed by atoms with Crippen LogP contribution < -0.4 is 15.0 Å². The number of nitrogens with zero attached hydrogens (tertiary/aromatic N) is 4. The van der Waals surface area contributed by atoms with Crippen LogP contribution in [-0.4, -0.2) is 41.1 Å². The van der Waals surface area contributed by atoms with E-state index in [2.05, 4.69) is 25.2 Å². The summed E-state index contributed by atoms with van der Waals surface area (Å²) >= 11 is 1.46. The quantitative estimate of drug-likeness (QED) is 0.762. The van der Waals surface area contributed by atoms with Crippen LogP contribution in [0.3, 0.4) is 0 Å². The first-order valence-electron chi connectivity index (χ1n) is 8.50. The van der Waals surface area contributed by atoms with Crippen molar-refractivity contribution >= 4 is 38.5 Å². The summed E-state index contributed by atoms with van der Waals surface area (Å²) in [7, 11) is 1.64. The minimum atomic E-state index is -0.0171. The molecule has 1 saturated heterocycles. The number of ether oxygens (including phenoxy) is 1. The third-order valence-electron chi connectivity index (χ3n) is 4.53. The van der Waals surface area contributed by atoms with Crippen LogP contribution >= 0.6 is 11.3 Å². The van der Waals surface area contributed by atoms with Gasteiger partial charge in [-0.1, -0.05) is 11.3 Å². The predicted octanol–water partition coefficient (Wildman–Crippen LogP) is 2.95. The summed E-state index contributed by atoms with van der Waals surface area (Å²) in [6.07, 6.45) is 5.04. The van der Waals surface area contributed by atoms with E-state index in [1.165, 1.54) is 11.3 Å². The molecule has 3 heterocycles. The molecule has 0 radical (unpaired) electrons. The molecule has 2 aromatic heterocycles. The number of carbonyl (C=O) groups excluding carboxylic acids is 1. The van der Waals surface area contributed by atoms with Gasteiger partial charge in [0.25, 0.3) is 0 Å². The lowest BCUT2D eigenvalue weighted by Gasteiger charge is -2.30. The molecule has 1 aromatic carbocycles. The lowest BCUT2D eigenvalue weighted by atomic mass is 9.96. The van der Waals surface area contributed by atoms with Gasteiger partial charge in [-0.05, 0) is 37.1 Å². The molecule has 7 nitrogen and oxygen atoms in total. The molecule has 1 amide bonds. The lowest BCUT2D eigenvalue weighted by molar-refractivity contribution is -0.120. The summed E-state index contributed by atoms with van der Waals surface area (Å²) in [5.41, 5.74) is 0.863. The summed E-state index contributed by atoms with van der Waals surface area (Å²) in [6.45, 7) is 1.55. The summed E-state index contributed by atoms with van der Waals surface area (Å²) in [6, 6.07) is 7.51. The summed E-state index contributed by atoms with van der Waals surface area (Å²) in [5.74, 6) is 1.53. The Kier molecular flexibility index (Phi) is 4.66. The highest BCUT2D eigenvalue weighted by atomic mass is 32.1. The van der Waals surface area contributed by atoms with Crippen LogP contribution in [0, 0.1) is 5.92 Å². The Bertz CT molecular complexity index is 906. The van der Waals surface area contributed by atoms with Gasteiger partial charge in [-0.2, -0.15) is 0 Å². The van der Waals surface area contributed by atoms with Crippen LogP contribution in [0.5, 0.6) is 5.75 Å². The van der Waals surface area contributed by atoms with Gasteiger partial charge in [0.2, 0.25) is 11.9 Å². The molecule has 1 fully saturated rings. The minimum Gasteiger partial charge on any atom is -0.497 e. The zero-order valence-corrected chi connectivity index (χ0v) is 15.2. The number of piperidine rings is 1. The molecular weight excluding hydrogens is 350 g/mol. The van der Waals surface area contributed by atoms with E-state index in [1.54, 1.807) is 25.6 Å². The zero-order valence-electron chi connectivity index (χ0n) is 14.4. The van der Waals surface area contributed by atoms with Gasteiger partial charge in [-0.15, -0.1) is 0 Å². The molecule has 0 unspecified atom stereocenters. The number of benzene rings is 1. The van der Waals surface area contributed by atoms with Crippen molar-refractivity contribution in [2.75, 3.05) is 30.4 Å². The molecular formula is C18H19N5O2S. The monoisotopic (exact) mass is 369 g/mol. The van der Waals surface area contributed by atoms with Gasteiger partial charge in [0, 0.05) is 31.4 Å². The Labute approximate surface area is 155 Å². The number of hydrogen-bond acceptors (Lipinski definition) is 7. The van der Waals surface area contributed by atoms with E-state index in [0.717, 1.165) is 47.8 Å². The third kappa shape index (κ3) is 3.45. The van der Waals surface area contributed by atoms with Crippen molar-refractivity contribution in [1.29, 1.82) is 0 Å². The molecule has 26 heavy (non-hydrogen) atoms. The van der Waals surface area contributed by atoms with Crippen molar-refractivity contribution in [3.8, 4) is 5.75 Å². The Hall–Kier alpha value is -2.74. The first-order chi connectivity index (χ1) is 12.7. The average molecular weight is 369 g/mol. The first kappa shape index (κ1) is 16.7. The molecule has 1 aliphatic heterocycles. The highest BCUT2D eigenvalue weighted by Crippen LogP contribution is 2.30.